The lowest BCUT2D eigenvalue weighted by Gasteiger charge is -2.25. The molecule has 0 spiro atoms. The molecule has 2 aromatic heterocycles. The van der Waals surface area contributed by atoms with Gasteiger partial charge in [0, 0.05) is 111 Å². The number of aliphatic carboxylic acids is 4. The smallest absolute Gasteiger partial charge is 0.415 e. The SMILES string of the molecule is COc1cc2[nH]cc(C(=O)N3C[C@@H](CCl)c4c3cc(OC(=O)N(C)CCSSC[C@H](NC(=O)[C@H](CC(=O)O)NC(=O)[C@H](CCCNC(=N)N)NC(=O)[C@H](CC(=O)O)NC(=O)CCCCn3cc(CCCC(=O)O)nn3)C(=O)O)c3ccccc43)c2cc1OCCN(C)C. The molecule has 3 aromatic carbocycles. The fraction of sp³-hybridized carbons (Fsp3) is 0.475. The second kappa shape index (κ2) is 35.7. The second-order valence-electron chi connectivity index (χ2n) is 21.9. The monoisotopic (exact) mass is 1350 g/mol. The Bertz CT molecular complexity index is 3520. The number of ether oxygens (including phenoxy) is 3. The van der Waals surface area contributed by atoms with Crippen molar-refractivity contribution in [2.45, 2.75) is 101 Å². The van der Waals surface area contributed by atoms with E-state index in [0.717, 1.165) is 32.5 Å². The van der Waals surface area contributed by atoms with Crippen molar-refractivity contribution in [1.29, 1.82) is 5.41 Å². The molecular weight excluding hydrogens is 1280 g/mol. The fourth-order valence-corrected chi connectivity index (χ4v) is 12.3. The van der Waals surface area contributed by atoms with Gasteiger partial charge in [0.25, 0.3) is 5.91 Å². The predicted molar refractivity (Wildman–Crippen MR) is 345 cm³/mol. The zero-order chi connectivity index (χ0) is 67.9. The summed E-state index contributed by atoms with van der Waals surface area (Å²) in [7, 11) is 9.03. The van der Waals surface area contributed by atoms with E-state index in [1.54, 1.807) is 47.6 Å². The molecular formula is C59H77ClN14O17S2. The van der Waals surface area contributed by atoms with Crippen molar-refractivity contribution in [2.24, 2.45) is 5.73 Å². The minimum atomic E-state index is -1.91. The Hall–Kier alpha value is -9.08. The van der Waals surface area contributed by atoms with Crippen LogP contribution in [0, 0.1) is 5.41 Å². The number of hydrogen-bond donors (Lipinski definition) is 12. The third-order valence-electron chi connectivity index (χ3n) is 14.6. The Morgan fingerprint density at radius 2 is 1.47 bits per heavy atom. The van der Waals surface area contributed by atoms with E-state index in [-0.39, 0.29) is 86.7 Å². The van der Waals surface area contributed by atoms with Crippen molar-refractivity contribution in [3.05, 3.63) is 71.7 Å². The maximum absolute atomic E-state index is 14.7. The van der Waals surface area contributed by atoms with Gasteiger partial charge < -0.3 is 86.6 Å². The number of nitrogens with one attached hydrogen (secondary N) is 7. The van der Waals surface area contributed by atoms with Crippen LogP contribution in [0.1, 0.15) is 85.3 Å². The van der Waals surface area contributed by atoms with E-state index in [1.807, 2.05) is 31.1 Å². The quantitative estimate of drug-likeness (QED) is 0.00883. The van der Waals surface area contributed by atoms with Crippen LogP contribution in [-0.2, 0) is 51.3 Å². The number of unbranched alkanes of at least 4 members (excludes halogenated alkanes) is 1. The number of aromatic nitrogens is 4. The number of carboxylic acids is 4. The molecule has 0 aliphatic carbocycles. The molecule has 0 fully saturated rings. The van der Waals surface area contributed by atoms with Gasteiger partial charge in [0.15, 0.2) is 17.5 Å². The standard InChI is InChI=1S/C59H77ClN14O17S2/c1-71(2)19-21-90-47-23-37-38(29-64-40(37)24-46(47)89-4)56(85)74-30-33(28-60)52-36-13-6-5-12-35(36)45(27-44(52)74)91-59(88)72(3)20-22-92-93-32-43(57(86)87)68-55(84)42(26-51(80)81)67-53(82)39(14-10-17-63-58(61)62)66-54(83)41(25-50(78)79)65-48(75)15-7-8-18-73-31-34(69-70-73)11-9-16-49(76)77/h5-6,12-13,23-24,27,29,31,33,39,41-43,64H,7-11,14-22,25-26,28,30,32H2,1-4H3,(H,65,75)(H,66,83)(H,67,82)(H,68,84)(H,76,77)(H,78,79)(H,80,81)(H,86,87)(H4,61,62,63)/t33-,39+,41+,42+,43+/m1/s1. The van der Waals surface area contributed by atoms with E-state index in [2.05, 4.69) is 41.9 Å². The summed E-state index contributed by atoms with van der Waals surface area (Å²) >= 11 is 6.59. The molecule has 1 aliphatic rings. The first-order valence-corrected chi connectivity index (χ1v) is 32.5. The Kier molecular flexibility index (Phi) is 28.0. The van der Waals surface area contributed by atoms with Crippen molar-refractivity contribution >= 4 is 126 Å². The van der Waals surface area contributed by atoms with Gasteiger partial charge >= 0.3 is 30.0 Å². The number of amides is 6. The first-order valence-electron chi connectivity index (χ1n) is 29.5. The van der Waals surface area contributed by atoms with Gasteiger partial charge in [-0.15, -0.1) is 16.7 Å². The third-order valence-corrected chi connectivity index (χ3v) is 17.4. The lowest BCUT2D eigenvalue weighted by molar-refractivity contribution is -0.143. The molecule has 0 radical (unpaired) electrons. The van der Waals surface area contributed by atoms with Crippen molar-refractivity contribution in [3.63, 3.8) is 0 Å². The number of guanidine groups is 1. The number of benzene rings is 3. The number of nitrogens with zero attached hydrogens (tertiary/aromatic N) is 6. The summed E-state index contributed by atoms with van der Waals surface area (Å²) in [6.45, 7) is 1.68. The van der Waals surface area contributed by atoms with E-state index in [4.69, 9.17) is 42.1 Å². The molecule has 34 heteroatoms. The first-order chi connectivity index (χ1) is 44.4. The molecule has 5 aromatic rings. The van der Waals surface area contributed by atoms with E-state index >= 15 is 0 Å². The minimum Gasteiger partial charge on any atom is -0.493 e. The average Bonchev–Trinajstić information content (AvgIpc) is 1.62. The van der Waals surface area contributed by atoms with Crippen molar-refractivity contribution in [2.75, 3.05) is 83.3 Å². The van der Waals surface area contributed by atoms with Crippen LogP contribution in [0.2, 0.25) is 0 Å². The summed E-state index contributed by atoms with van der Waals surface area (Å²) in [5, 5.41) is 67.6. The van der Waals surface area contributed by atoms with Crippen molar-refractivity contribution in [3.8, 4) is 17.2 Å². The Morgan fingerprint density at radius 1 is 0.796 bits per heavy atom. The Labute approximate surface area is 546 Å². The van der Waals surface area contributed by atoms with Gasteiger partial charge in [0.05, 0.1) is 42.4 Å². The summed E-state index contributed by atoms with van der Waals surface area (Å²) in [6.07, 6.45) is 1.60. The molecule has 504 valence electrons. The van der Waals surface area contributed by atoms with E-state index in [0.29, 0.717) is 83.7 Å². The number of alkyl halides is 1. The number of aromatic amines is 1. The highest BCUT2D eigenvalue weighted by atomic mass is 35.5. The zero-order valence-corrected chi connectivity index (χ0v) is 54.0. The number of aryl methyl sites for hydroxylation is 2. The summed E-state index contributed by atoms with van der Waals surface area (Å²) in [5.41, 5.74) is 8.31. The van der Waals surface area contributed by atoms with Crippen LogP contribution in [0.5, 0.6) is 17.2 Å². The summed E-state index contributed by atoms with van der Waals surface area (Å²) < 4.78 is 19.2. The number of halogens is 1. The maximum atomic E-state index is 14.7. The molecule has 93 heavy (non-hydrogen) atoms. The van der Waals surface area contributed by atoms with E-state index in [1.165, 1.54) is 23.7 Å². The lowest BCUT2D eigenvalue weighted by atomic mass is 9.95. The largest absolute Gasteiger partial charge is 0.493 e. The molecule has 6 amide bonds. The third kappa shape index (κ3) is 21.8. The summed E-state index contributed by atoms with van der Waals surface area (Å²) in [4.78, 5) is 138. The molecule has 6 rings (SSSR count). The van der Waals surface area contributed by atoms with Crippen molar-refractivity contribution < 1.29 is 82.6 Å². The van der Waals surface area contributed by atoms with Crippen molar-refractivity contribution in [1.82, 2.24) is 56.4 Å². The van der Waals surface area contributed by atoms with Gasteiger partial charge in [-0.2, -0.15) is 0 Å². The lowest BCUT2D eigenvalue weighted by Crippen LogP contribution is -2.58. The van der Waals surface area contributed by atoms with Crippen LogP contribution in [0.4, 0.5) is 10.5 Å². The highest BCUT2D eigenvalue weighted by Crippen LogP contribution is 2.47. The Morgan fingerprint density at radius 3 is 2.13 bits per heavy atom. The van der Waals surface area contributed by atoms with Gasteiger partial charge in [0.2, 0.25) is 23.6 Å². The number of H-pyrrole nitrogens is 1. The number of hydrogen-bond acceptors (Lipinski definition) is 19. The van der Waals surface area contributed by atoms with E-state index in [9.17, 15) is 63.3 Å². The molecule has 0 bridgehead atoms. The molecule has 5 atom stereocenters. The summed E-state index contributed by atoms with van der Waals surface area (Å²) in [5.74, 6) is -9.47. The highest BCUT2D eigenvalue weighted by Gasteiger charge is 2.37. The van der Waals surface area contributed by atoms with Gasteiger partial charge in [0.1, 0.15) is 36.5 Å². The molecule has 31 nitrogen and oxygen atoms in total. The van der Waals surface area contributed by atoms with Crippen LogP contribution >= 0.6 is 33.2 Å². The molecule has 0 unspecified atom stereocenters. The molecule has 3 heterocycles. The topological polar surface area (TPSA) is 446 Å². The number of rotatable bonds is 39. The molecule has 0 saturated heterocycles. The number of methoxy groups -OCH3 is 1. The number of carboxylic acid groups (broad SMARTS) is 4. The van der Waals surface area contributed by atoms with Crippen LogP contribution in [0.3, 0.4) is 0 Å². The minimum absolute atomic E-state index is 0.00600. The number of carbonyl (C=O) groups excluding carboxylic acids is 6. The fourth-order valence-electron chi connectivity index (χ4n) is 9.86. The number of fused-ring (bicyclic) bond motifs is 4. The molecule has 1 aliphatic heterocycles. The number of nitrogens with two attached hydrogens (primary N) is 1. The van der Waals surface area contributed by atoms with E-state index < -0.39 is 96.6 Å². The normalized spacial score (nSPS) is 13.9. The average molecular weight is 1350 g/mol. The zero-order valence-electron chi connectivity index (χ0n) is 51.6. The Balaban J connectivity index is 1.04. The van der Waals surface area contributed by atoms with Crippen LogP contribution in [0.25, 0.3) is 21.7 Å². The number of anilines is 1. The van der Waals surface area contributed by atoms with Crippen LogP contribution in [0.15, 0.2) is 54.9 Å². The highest BCUT2D eigenvalue weighted by molar-refractivity contribution is 8.76. The molecule has 13 N–H and O–H groups in total. The second-order valence-corrected chi connectivity index (χ2v) is 24.9. The van der Waals surface area contributed by atoms with Gasteiger partial charge in [-0.25, -0.2) is 9.59 Å². The maximum Gasteiger partial charge on any atom is 0.415 e. The van der Waals surface area contributed by atoms with Gasteiger partial charge in [-0.1, -0.05) is 51.1 Å². The van der Waals surface area contributed by atoms with Gasteiger partial charge in [-0.05, 0) is 69.6 Å². The summed E-state index contributed by atoms with van der Waals surface area (Å²) in [6, 6.07) is 5.60. The van der Waals surface area contributed by atoms with Gasteiger partial charge in [-0.3, -0.25) is 48.4 Å². The first kappa shape index (κ1) is 73.0. The number of carbonyl (C=O) groups is 10. The number of likely N-dealkylation sites (N-methyl/N-ethyl adjacent to an activating group) is 1. The van der Waals surface area contributed by atoms with Crippen LogP contribution < -0.4 is 51.4 Å². The van der Waals surface area contributed by atoms with Crippen LogP contribution in [-0.4, -0.2) is 218 Å². The predicted octanol–water partition coefficient (Wildman–Crippen LogP) is 3.17. The molecule has 0 saturated carbocycles.